The van der Waals surface area contributed by atoms with E-state index < -0.39 is 0 Å². The average molecular weight is 248 g/mol. The normalized spacial score (nSPS) is 19.1. The third-order valence-electron chi connectivity index (χ3n) is 3.30. The highest BCUT2D eigenvalue weighted by Gasteiger charge is 2.16. The fourth-order valence-electron chi connectivity index (χ4n) is 2.15. The first-order chi connectivity index (χ1) is 8.66. The van der Waals surface area contributed by atoms with Crippen LogP contribution in [0, 0.1) is 19.8 Å². The Morgan fingerprint density at radius 1 is 1.44 bits per heavy atom. The number of carbonyl (C=O) groups excluding carboxylic acids is 1. The maximum Gasteiger partial charge on any atom is 0.188 e. The fourth-order valence-corrected chi connectivity index (χ4v) is 2.15. The van der Waals surface area contributed by atoms with Gasteiger partial charge in [0.2, 0.25) is 0 Å². The van der Waals surface area contributed by atoms with Crippen molar-refractivity contribution in [1.82, 2.24) is 0 Å². The zero-order valence-corrected chi connectivity index (χ0v) is 11.1. The van der Waals surface area contributed by atoms with E-state index in [2.05, 4.69) is 0 Å². The summed E-state index contributed by atoms with van der Waals surface area (Å²) in [7, 11) is 0. The van der Waals surface area contributed by atoms with Gasteiger partial charge in [-0.15, -0.1) is 0 Å². The van der Waals surface area contributed by atoms with Crippen molar-refractivity contribution in [3.8, 4) is 0 Å². The zero-order chi connectivity index (χ0) is 13.0. The van der Waals surface area contributed by atoms with Gasteiger partial charge in [-0.2, -0.15) is 0 Å². The number of carbonyl (C=O) groups is 1. The molecule has 0 spiro atoms. The lowest BCUT2D eigenvalue weighted by molar-refractivity contribution is 0.0651. The molecule has 1 aromatic rings. The monoisotopic (exact) mass is 248 g/mol. The Morgan fingerprint density at radius 2 is 2.28 bits per heavy atom. The second-order valence-electron chi connectivity index (χ2n) is 4.99. The van der Waals surface area contributed by atoms with Crippen LogP contribution in [-0.2, 0) is 9.47 Å². The minimum absolute atomic E-state index is 0.0649. The van der Waals surface area contributed by atoms with Gasteiger partial charge in [-0.3, -0.25) is 4.79 Å². The standard InChI is InChI=1S/C15H20O3/c1-11-3-4-12(2)14(7-11)15(16)10-18-9-13-5-6-17-8-13/h3-4,7,13H,5-6,8-10H2,1-2H3. The topological polar surface area (TPSA) is 35.5 Å². The molecule has 0 bridgehead atoms. The Balaban J connectivity index is 1.85. The maximum atomic E-state index is 12.0. The second kappa shape index (κ2) is 6.12. The number of ether oxygens (including phenoxy) is 2. The van der Waals surface area contributed by atoms with Gasteiger partial charge < -0.3 is 9.47 Å². The summed E-state index contributed by atoms with van der Waals surface area (Å²) in [5, 5.41) is 0. The van der Waals surface area contributed by atoms with Gasteiger partial charge in [0, 0.05) is 18.1 Å². The molecular weight excluding hydrogens is 228 g/mol. The zero-order valence-electron chi connectivity index (χ0n) is 11.1. The van der Waals surface area contributed by atoms with E-state index in [9.17, 15) is 4.79 Å². The molecular formula is C15H20O3. The molecule has 0 aliphatic carbocycles. The van der Waals surface area contributed by atoms with Crippen LogP contribution >= 0.6 is 0 Å². The van der Waals surface area contributed by atoms with Crippen LogP contribution < -0.4 is 0 Å². The van der Waals surface area contributed by atoms with E-state index in [0.717, 1.165) is 36.3 Å². The summed E-state index contributed by atoms with van der Waals surface area (Å²) < 4.78 is 10.8. The lowest BCUT2D eigenvalue weighted by Crippen LogP contribution is -2.16. The molecule has 1 heterocycles. The van der Waals surface area contributed by atoms with Gasteiger partial charge >= 0.3 is 0 Å². The van der Waals surface area contributed by atoms with E-state index in [-0.39, 0.29) is 12.4 Å². The fraction of sp³-hybridized carbons (Fsp3) is 0.533. The SMILES string of the molecule is Cc1ccc(C)c(C(=O)COCC2CCOC2)c1. The van der Waals surface area contributed by atoms with Crippen LogP contribution in [-0.4, -0.2) is 32.2 Å². The Bertz CT molecular complexity index is 420. The number of benzene rings is 1. The molecule has 1 fully saturated rings. The number of aryl methyl sites for hydroxylation is 2. The van der Waals surface area contributed by atoms with E-state index in [0.29, 0.717) is 12.5 Å². The third kappa shape index (κ3) is 3.40. The molecule has 18 heavy (non-hydrogen) atoms. The van der Waals surface area contributed by atoms with Crippen LogP contribution in [0.1, 0.15) is 27.9 Å². The first kappa shape index (κ1) is 13.2. The van der Waals surface area contributed by atoms with Crippen LogP contribution in [0.3, 0.4) is 0 Å². The largest absolute Gasteiger partial charge is 0.381 e. The highest BCUT2D eigenvalue weighted by molar-refractivity contribution is 5.98. The van der Waals surface area contributed by atoms with Gasteiger partial charge in [0.15, 0.2) is 5.78 Å². The number of hydrogen-bond acceptors (Lipinski definition) is 3. The van der Waals surface area contributed by atoms with E-state index >= 15 is 0 Å². The molecule has 3 nitrogen and oxygen atoms in total. The van der Waals surface area contributed by atoms with Crippen molar-refractivity contribution in [2.24, 2.45) is 5.92 Å². The molecule has 1 unspecified atom stereocenters. The van der Waals surface area contributed by atoms with Crippen LogP contribution in [0.15, 0.2) is 18.2 Å². The molecule has 1 aromatic carbocycles. The van der Waals surface area contributed by atoms with Crippen molar-refractivity contribution in [2.75, 3.05) is 26.4 Å². The molecule has 3 heteroatoms. The Labute approximate surface area is 108 Å². The average Bonchev–Trinajstić information content (AvgIpc) is 2.85. The molecule has 98 valence electrons. The molecule has 0 N–H and O–H groups in total. The molecule has 1 aliphatic rings. The van der Waals surface area contributed by atoms with Gasteiger partial charge in [-0.05, 0) is 31.9 Å². The summed E-state index contributed by atoms with van der Waals surface area (Å²) in [5.74, 6) is 0.520. The summed E-state index contributed by atoms with van der Waals surface area (Å²) >= 11 is 0. The van der Waals surface area contributed by atoms with Crippen molar-refractivity contribution in [1.29, 1.82) is 0 Å². The van der Waals surface area contributed by atoms with Crippen molar-refractivity contribution in [3.63, 3.8) is 0 Å². The first-order valence-electron chi connectivity index (χ1n) is 6.43. The first-order valence-corrected chi connectivity index (χ1v) is 6.43. The number of hydrogen-bond donors (Lipinski definition) is 0. The predicted molar refractivity (Wildman–Crippen MR) is 70.0 cm³/mol. The van der Waals surface area contributed by atoms with Crippen LogP contribution in [0.25, 0.3) is 0 Å². The minimum atomic E-state index is 0.0649. The Hall–Kier alpha value is -1.19. The summed E-state index contributed by atoms with van der Waals surface area (Å²) in [5.41, 5.74) is 2.89. The molecule has 2 rings (SSSR count). The van der Waals surface area contributed by atoms with E-state index in [4.69, 9.17) is 9.47 Å². The van der Waals surface area contributed by atoms with Crippen LogP contribution in [0.2, 0.25) is 0 Å². The Kier molecular flexibility index (Phi) is 4.50. The highest BCUT2D eigenvalue weighted by Crippen LogP contribution is 2.14. The van der Waals surface area contributed by atoms with Gasteiger partial charge in [-0.1, -0.05) is 17.7 Å². The second-order valence-corrected chi connectivity index (χ2v) is 4.99. The van der Waals surface area contributed by atoms with E-state index in [1.807, 2.05) is 32.0 Å². The van der Waals surface area contributed by atoms with Crippen LogP contribution in [0.4, 0.5) is 0 Å². The third-order valence-corrected chi connectivity index (χ3v) is 3.30. The molecule has 0 radical (unpaired) electrons. The molecule has 0 saturated carbocycles. The summed E-state index contributed by atoms with van der Waals surface area (Å²) in [6.45, 7) is 6.32. The van der Waals surface area contributed by atoms with Crippen molar-refractivity contribution in [3.05, 3.63) is 34.9 Å². The van der Waals surface area contributed by atoms with E-state index in [1.54, 1.807) is 0 Å². The van der Waals surface area contributed by atoms with Crippen LogP contribution in [0.5, 0.6) is 0 Å². The lowest BCUT2D eigenvalue weighted by atomic mass is 10.0. The molecule has 0 aromatic heterocycles. The van der Waals surface area contributed by atoms with E-state index in [1.165, 1.54) is 0 Å². The number of Topliss-reactive ketones (excluding diaryl/α,β-unsaturated/α-hetero) is 1. The summed E-state index contributed by atoms with van der Waals surface area (Å²) in [4.78, 5) is 12.0. The van der Waals surface area contributed by atoms with Crippen molar-refractivity contribution < 1.29 is 14.3 Å². The maximum absolute atomic E-state index is 12.0. The van der Waals surface area contributed by atoms with Crippen molar-refractivity contribution >= 4 is 5.78 Å². The van der Waals surface area contributed by atoms with Gasteiger partial charge in [0.05, 0.1) is 13.2 Å². The van der Waals surface area contributed by atoms with Gasteiger partial charge in [0.1, 0.15) is 6.61 Å². The molecule has 1 atom stereocenters. The number of rotatable bonds is 5. The predicted octanol–water partition coefficient (Wildman–Crippen LogP) is 2.54. The Morgan fingerprint density at radius 3 is 3.00 bits per heavy atom. The smallest absolute Gasteiger partial charge is 0.188 e. The van der Waals surface area contributed by atoms with Crippen molar-refractivity contribution in [2.45, 2.75) is 20.3 Å². The quantitative estimate of drug-likeness (QED) is 0.751. The van der Waals surface area contributed by atoms with Gasteiger partial charge in [0.25, 0.3) is 0 Å². The number of ketones is 1. The molecule has 1 saturated heterocycles. The van der Waals surface area contributed by atoms with Gasteiger partial charge in [-0.25, -0.2) is 0 Å². The molecule has 1 aliphatic heterocycles. The summed E-state index contributed by atoms with van der Waals surface area (Å²) in [6, 6.07) is 5.93. The highest BCUT2D eigenvalue weighted by atomic mass is 16.5. The summed E-state index contributed by atoms with van der Waals surface area (Å²) in [6.07, 6.45) is 1.04. The minimum Gasteiger partial charge on any atom is -0.381 e. The lowest BCUT2D eigenvalue weighted by Gasteiger charge is -2.09. The molecule has 0 amide bonds.